The summed E-state index contributed by atoms with van der Waals surface area (Å²) in [7, 11) is 3.51. The number of aromatic nitrogens is 1. The molecule has 0 saturated carbocycles. The zero-order chi connectivity index (χ0) is 21.1. The number of likely N-dealkylation sites (tertiary alicyclic amines) is 1. The number of fused-ring (bicyclic) bond motifs is 1. The molecule has 7 heteroatoms. The van der Waals surface area contributed by atoms with Crippen LogP contribution in [0.5, 0.6) is 0 Å². The van der Waals surface area contributed by atoms with Gasteiger partial charge in [0.25, 0.3) is 0 Å². The van der Waals surface area contributed by atoms with Crippen LogP contribution in [0, 0.1) is 11.8 Å². The van der Waals surface area contributed by atoms with Crippen molar-refractivity contribution in [3.8, 4) is 0 Å². The predicted molar refractivity (Wildman–Crippen MR) is 115 cm³/mol. The van der Waals surface area contributed by atoms with Crippen LogP contribution in [0.3, 0.4) is 0 Å². The van der Waals surface area contributed by atoms with Crippen molar-refractivity contribution in [3.05, 3.63) is 42.1 Å². The van der Waals surface area contributed by atoms with Crippen LogP contribution in [0.1, 0.15) is 18.4 Å². The maximum absolute atomic E-state index is 12.9. The monoisotopic (exact) mass is 410 g/mol. The van der Waals surface area contributed by atoms with E-state index in [1.807, 2.05) is 29.3 Å². The van der Waals surface area contributed by atoms with E-state index >= 15 is 0 Å². The molecule has 0 bridgehead atoms. The molecular weight excluding hydrogens is 380 g/mol. The highest BCUT2D eigenvalue weighted by Gasteiger charge is 2.33. The molecule has 2 atom stereocenters. The summed E-state index contributed by atoms with van der Waals surface area (Å²) in [6.45, 7) is 2.46. The summed E-state index contributed by atoms with van der Waals surface area (Å²) < 4.78 is 5.73. The molecule has 1 aromatic carbocycles. The summed E-state index contributed by atoms with van der Waals surface area (Å²) in [5.41, 5.74) is 2.24. The van der Waals surface area contributed by atoms with Gasteiger partial charge < -0.3 is 19.9 Å². The van der Waals surface area contributed by atoms with Crippen LogP contribution >= 0.6 is 0 Å². The maximum atomic E-state index is 12.9. The van der Waals surface area contributed by atoms with E-state index in [4.69, 9.17) is 4.74 Å². The number of nitrogens with zero attached hydrogens (tertiary/aromatic N) is 3. The van der Waals surface area contributed by atoms with Crippen LogP contribution in [0.25, 0.3) is 10.9 Å². The van der Waals surface area contributed by atoms with Gasteiger partial charge in [-0.1, -0.05) is 18.2 Å². The third kappa shape index (κ3) is 4.41. The van der Waals surface area contributed by atoms with Gasteiger partial charge in [-0.05, 0) is 37.0 Å². The number of ether oxygens (including phenoxy) is 1. The lowest BCUT2D eigenvalue weighted by Gasteiger charge is -2.33. The van der Waals surface area contributed by atoms with Crippen LogP contribution in [-0.2, 0) is 16.0 Å². The Kier molecular flexibility index (Phi) is 6.18. The van der Waals surface area contributed by atoms with Gasteiger partial charge in [0.1, 0.15) is 0 Å². The number of rotatable bonds is 4. The highest BCUT2D eigenvalue weighted by Crippen LogP contribution is 2.25. The Morgan fingerprint density at radius 1 is 1.17 bits per heavy atom. The SMILES string of the molecule is CN(C)C(=O)N1CCC(C(=O)N[C@@H]2COC[C@H]2Cc2ccnc3ccccc23)CC1. The minimum atomic E-state index is -0.0424. The van der Waals surface area contributed by atoms with Crippen molar-refractivity contribution < 1.29 is 14.3 Å². The van der Waals surface area contributed by atoms with Crippen LogP contribution in [0.4, 0.5) is 4.79 Å². The van der Waals surface area contributed by atoms with E-state index in [0.717, 1.165) is 17.3 Å². The summed E-state index contributed by atoms with van der Waals surface area (Å²) in [4.78, 5) is 32.8. The molecule has 4 rings (SSSR count). The lowest BCUT2D eigenvalue weighted by Crippen LogP contribution is -2.49. The van der Waals surface area contributed by atoms with Crippen molar-refractivity contribution in [2.24, 2.45) is 11.8 Å². The Bertz CT molecular complexity index is 903. The molecule has 2 aliphatic heterocycles. The van der Waals surface area contributed by atoms with Gasteiger partial charge in [-0.3, -0.25) is 9.78 Å². The normalized spacial score (nSPS) is 22.3. The maximum Gasteiger partial charge on any atom is 0.319 e. The molecule has 0 radical (unpaired) electrons. The number of para-hydroxylation sites is 1. The summed E-state index contributed by atoms with van der Waals surface area (Å²) in [6.07, 6.45) is 4.12. The molecule has 2 fully saturated rings. The average Bonchev–Trinajstić information content (AvgIpc) is 3.20. The number of carbonyl (C=O) groups excluding carboxylic acids is 2. The van der Waals surface area contributed by atoms with Crippen molar-refractivity contribution in [1.82, 2.24) is 20.1 Å². The number of pyridine rings is 1. The number of hydrogen-bond donors (Lipinski definition) is 1. The third-order valence-corrected chi connectivity index (χ3v) is 6.27. The number of amides is 3. The second-order valence-electron chi connectivity index (χ2n) is 8.54. The predicted octanol–water partition coefficient (Wildman–Crippen LogP) is 2.30. The zero-order valence-electron chi connectivity index (χ0n) is 17.7. The minimum absolute atomic E-state index is 0.0164. The molecule has 160 valence electrons. The molecule has 1 N–H and O–H groups in total. The first-order valence-corrected chi connectivity index (χ1v) is 10.7. The quantitative estimate of drug-likeness (QED) is 0.839. The summed E-state index contributed by atoms with van der Waals surface area (Å²) in [5.74, 6) is 0.293. The average molecular weight is 411 g/mol. The largest absolute Gasteiger partial charge is 0.379 e. The Morgan fingerprint density at radius 3 is 2.70 bits per heavy atom. The molecule has 2 aromatic rings. The molecule has 30 heavy (non-hydrogen) atoms. The van der Waals surface area contributed by atoms with Gasteiger partial charge in [-0.15, -0.1) is 0 Å². The van der Waals surface area contributed by atoms with Crippen molar-refractivity contribution in [1.29, 1.82) is 0 Å². The molecule has 7 nitrogen and oxygen atoms in total. The van der Waals surface area contributed by atoms with E-state index in [-0.39, 0.29) is 29.8 Å². The topological polar surface area (TPSA) is 74.8 Å². The van der Waals surface area contributed by atoms with Crippen molar-refractivity contribution >= 4 is 22.8 Å². The Hall–Kier alpha value is -2.67. The van der Waals surface area contributed by atoms with E-state index in [0.29, 0.717) is 39.1 Å². The second kappa shape index (κ2) is 9.00. The van der Waals surface area contributed by atoms with Crippen LogP contribution in [0.15, 0.2) is 36.5 Å². The number of carbonyl (C=O) groups is 2. The van der Waals surface area contributed by atoms with E-state index in [9.17, 15) is 9.59 Å². The summed E-state index contributed by atoms with van der Waals surface area (Å²) in [6, 6.07) is 10.3. The van der Waals surface area contributed by atoms with Gasteiger partial charge in [0.2, 0.25) is 5.91 Å². The smallest absolute Gasteiger partial charge is 0.319 e. The van der Waals surface area contributed by atoms with E-state index in [2.05, 4.69) is 22.4 Å². The van der Waals surface area contributed by atoms with Crippen LogP contribution < -0.4 is 5.32 Å². The molecule has 2 saturated heterocycles. The molecule has 0 aliphatic carbocycles. The Morgan fingerprint density at radius 2 is 1.93 bits per heavy atom. The van der Waals surface area contributed by atoms with Gasteiger partial charge in [-0.2, -0.15) is 0 Å². The Labute approximate surface area is 177 Å². The molecule has 2 aliphatic rings. The fourth-order valence-electron chi connectivity index (χ4n) is 4.49. The molecule has 0 spiro atoms. The third-order valence-electron chi connectivity index (χ3n) is 6.27. The number of piperidine rings is 1. The number of hydrogen-bond acceptors (Lipinski definition) is 4. The molecular formula is C23H30N4O3. The molecule has 3 heterocycles. The molecule has 1 aromatic heterocycles. The van der Waals surface area contributed by atoms with Crippen molar-refractivity contribution in [2.75, 3.05) is 40.4 Å². The highest BCUT2D eigenvalue weighted by atomic mass is 16.5. The highest BCUT2D eigenvalue weighted by molar-refractivity contribution is 5.82. The molecule has 0 unspecified atom stereocenters. The van der Waals surface area contributed by atoms with Crippen LogP contribution in [-0.4, -0.2) is 73.2 Å². The van der Waals surface area contributed by atoms with E-state index in [1.54, 1.807) is 19.0 Å². The Balaban J connectivity index is 1.35. The number of benzene rings is 1. The van der Waals surface area contributed by atoms with Gasteiger partial charge in [-0.25, -0.2) is 4.79 Å². The standard InChI is InChI=1S/C23H30N4O3/c1-26(2)23(29)27-11-8-16(9-12-27)22(28)25-21-15-30-14-18(21)13-17-7-10-24-20-6-4-3-5-19(17)20/h3-7,10,16,18,21H,8-9,11-15H2,1-2H3,(H,25,28)/t18-,21-/m1/s1. The van der Waals surface area contributed by atoms with Gasteiger partial charge in [0, 0.05) is 50.6 Å². The number of urea groups is 1. The van der Waals surface area contributed by atoms with Crippen molar-refractivity contribution in [3.63, 3.8) is 0 Å². The summed E-state index contributed by atoms with van der Waals surface area (Å²) in [5, 5.41) is 4.40. The van der Waals surface area contributed by atoms with E-state index in [1.165, 1.54) is 5.56 Å². The van der Waals surface area contributed by atoms with Gasteiger partial charge in [0.05, 0.1) is 24.8 Å². The summed E-state index contributed by atoms with van der Waals surface area (Å²) >= 11 is 0. The minimum Gasteiger partial charge on any atom is -0.379 e. The second-order valence-corrected chi connectivity index (χ2v) is 8.54. The lowest BCUT2D eigenvalue weighted by atomic mass is 9.91. The zero-order valence-corrected chi connectivity index (χ0v) is 17.7. The first-order valence-electron chi connectivity index (χ1n) is 10.7. The van der Waals surface area contributed by atoms with Gasteiger partial charge in [0.15, 0.2) is 0 Å². The van der Waals surface area contributed by atoms with Crippen LogP contribution in [0.2, 0.25) is 0 Å². The molecule has 3 amide bonds. The lowest BCUT2D eigenvalue weighted by molar-refractivity contribution is -0.127. The fraction of sp³-hybridized carbons (Fsp3) is 0.522. The fourth-order valence-corrected chi connectivity index (χ4v) is 4.49. The van der Waals surface area contributed by atoms with Gasteiger partial charge >= 0.3 is 6.03 Å². The van der Waals surface area contributed by atoms with Crippen molar-refractivity contribution in [2.45, 2.75) is 25.3 Å². The first kappa shape index (κ1) is 20.6. The number of nitrogens with one attached hydrogen (secondary N) is 1. The first-order chi connectivity index (χ1) is 14.5. The van der Waals surface area contributed by atoms with E-state index < -0.39 is 0 Å².